The summed E-state index contributed by atoms with van der Waals surface area (Å²) in [5.74, 6) is 2.17. The third-order valence-corrected chi connectivity index (χ3v) is 4.21. The van der Waals surface area contributed by atoms with Crippen LogP contribution in [0, 0.1) is 12.7 Å². The van der Waals surface area contributed by atoms with E-state index < -0.39 is 0 Å². The third-order valence-electron chi connectivity index (χ3n) is 4.21. The molecule has 0 fully saturated rings. The highest BCUT2D eigenvalue weighted by molar-refractivity contribution is 5.80. The molecule has 1 aromatic carbocycles. The molecule has 0 aliphatic carbocycles. The Bertz CT molecular complexity index is 757. The molecular weight excluding hydrogens is 345 g/mol. The Labute approximate surface area is 160 Å². The van der Waals surface area contributed by atoms with Crippen LogP contribution in [0.5, 0.6) is 0 Å². The van der Waals surface area contributed by atoms with Crippen molar-refractivity contribution in [2.45, 2.75) is 59.4 Å². The fraction of sp³-hybridized carbons (Fsp3) is 0.550. The largest absolute Gasteiger partial charge is 0.357 e. The fourth-order valence-electron chi connectivity index (χ4n) is 2.51. The third kappa shape index (κ3) is 6.34. The van der Waals surface area contributed by atoms with Gasteiger partial charge in [-0.05, 0) is 44.4 Å². The van der Waals surface area contributed by atoms with Crippen molar-refractivity contribution < 1.29 is 8.91 Å². The van der Waals surface area contributed by atoms with Gasteiger partial charge in [-0.15, -0.1) is 0 Å². The fourth-order valence-corrected chi connectivity index (χ4v) is 2.51. The average molecular weight is 375 g/mol. The smallest absolute Gasteiger partial charge is 0.226 e. The number of halogens is 1. The highest BCUT2D eigenvalue weighted by Crippen LogP contribution is 2.16. The second-order valence-electron chi connectivity index (χ2n) is 6.94. The highest BCUT2D eigenvalue weighted by Gasteiger charge is 2.11. The summed E-state index contributed by atoms with van der Waals surface area (Å²) in [5, 5.41) is 10.5. The van der Waals surface area contributed by atoms with E-state index in [9.17, 15) is 4.39 Å². The Morgan fingerprint density at radius 1 is 1.30 bits per heavy atom. The first-order valence-electron chi connectivity index (χ1n) is 9.54. The topological polar surface area (TPSA) is 75.3 Å². The summed E-state index contributed by atoms with van der Waals surface area (Å²) in [4.78, 5) is 8.96. The SMILES string of the molecule is CCNC(=NCCCc1nc(C(C)C)no1)NC(C)c1ccc(C)c(F)c1. The molecule has 0 bridgehead atoms. The Morgan fingerprint density at radius 2 is 2.07 bits per heavy atom. The predicted molar refractivity (Wildman–Crippen MR) is 105 cm³/mol. The van der Waals surface area contributed by atoms with Crippen LogP contribution in [-0.4, -0.2) is 29.2 Å². The Hall–Kier alpha value is -2.44. The lowest BCUT2D eigenvalue weighted by Gasteiger charge is -2.18. The van der Waals surface area contributed by atoms with E-state index in [-0.39, 0.29) is 17.8 Å². The molecule has 0 saturated heterocycles. The number of guanidine groups is 1. The van der Waals surface area contributed by atoms with Gasteiger partial charge in [0.15, 0.2) is 11.8 Å². The van der Waals surface area contributed by atoms with Gasteiger partial charge in [-0.2, -0.15) is 4.98 Å². The van der Waals surface area contributed by atoms with Crippen LogP contribution in [-0.2, 0) is 6.42 Å². The molecule has 0 aliphatic rings. The molecule has 2 aromatic rings. The van der Waals surface area contributed by atoms with Gasteiger partial charge in [-0.1, -0.05) is 31.1 Å². The van der Waals surface area contributed by atoms with Gasteiger partial charge in [0, 0.05) is 25.4 Å². The zero-order valence-corrected chi connectivity index (χ0v) is 16.8. The molecule has 2 rings (SSSR count). The second kappa shape index (κ2) is 10.0. The van der Waals surface area contributed by atoms with Crippen LogP contribution in [0.1, 0.15) is 68.9 Å². The lowest BCUT2D eigenvalue weighted by molar-refractivity contribution is 0.369. The van der Waals surface area contributed by atoms with Crippen LogP contribution in [0.4, 0.5) is 4.39 Å². The molecule has 0 amide bonds. The van der Waals surface area contributed by atoms with Crippen LogP contribution in [0.3, 0.4) is 0 Å². The lowest BCUT2D eigenvalue weighted by atomic mass is 10.1. The van der Waals surface area contributed by atoms with Crippen LogP contribution < -0.4 is 10.6 Å². The molecule has 0 spiro atoms. The first kappa shape index (κ1) is 20.9. The number of aryl methyl sites for hydroxylation is 2. The van der Waals surface area contributed by atoms with Crippen LogP contribution in [0.2, 0.25) is 0 Å². The van der Waals surface area contributed by atoms with Crippen molar-refractivity contribution >= 4 is 5.96 Å². The normalized spacial score (nSPS) is 13.1. The minimum Gasteiger partial charge on any atom is -0.357 e. The summed E-state index contributed by atoms with van der Waals surface area (Å²) in [6.45, 7) is 11.2. The van der Waals surface area contributed by atoms with E-state index >= 15 is 0 Å². The van der Waals surface area contributed by atoms with Crippen LogP contribution in [0.15, 0.2) is 27.7 Å². The molecule has 0 aliphatic heterocycles. The van der Waals surface area contributed by atoms with E-state index in [0.717, 1.165) is 24.4 Å². The zero-order chi connectivity index (χ0) is 19.8. The Kier molecular flexibility index (Phi) is 7.76. The van der Waals surface area contributed by atoms with Crippen molar-refractivity contribution in [3.05, 3.63) is 46.9 Å². The minimum absolute atomic E-state index is 0.0533. The van der Waals surface area contributed by atoms with E-state index in [1.54, 1.807) is 19.1 Å². The quantitative estimate of drug-likeness (QED) is 0.416. The Balaban J connectivity index is 1.89. The molecule has 27 heavy (non-hydrogen) atoms. The summed E-state index contributed by atoms with van der Waals surface area (Å²) in [6.07, 6.45) is 1.51. The van der Waals surface area contributed by atoms with Crippen molar-refractivity contribution in [2.75, 3.05) is 13.1 Å². The summed E-state index contributed by atoms with van der Waals surface area (Å²) in [7, 11) is 0. The highest BCUT2D eigenvalue weighted by atomic mass is 19.1. The standard InChI is InChI=1S/C20H30FN5O/c1-6-22-20(24-15(5)16-10-9-14(4)17(21)12-16)23-11-7-8-18-25-19(13(2)3)26-27-18/h9-10,12-13,15H,6-8,11H2,1-5H3,(H2,22,23,24). The van der Waals surface area contributed by atoms with Gasteiger partial charge >= 0.3 is 0 Å². The first-order chi connectivity index (χ1) is 12.9. The molecular formula is C20H30FN5O. The first-order valence-corrected chi connectivity index (χ1v) is 9.54. The summed E-state index contributed by atoms with van der Waals surface area (Å²) in [5.41, 5.74) is 1.53. The predicted octanol–water partition coefficient (Wildman–Crippen LogP) is 3.89. The molecule has 6 nitrogen and oxygen atoms in total. The van der Waals surface area contributed by atoms with Crippen LogP contribution in [0.25, 0.3) is 0 Å². The van der Waals surface area contributed by atoms with Crippen molar-refractivity contribution in [1.29, 1.82) is 0 Å². The molecule has 0 radical (unpaired) electrons. The van der Waals surface area contributed by atoms with Gasteiger partial charge in [-0.25, -0.2) is 4.39 Å². The number of hydrogen-bond donors (Lipinski definition) is 2. The zero-order valence-electron chi connectivity index (χ0n) is 16.8. The molecule has 1 heterocycles. The summed E-state index contributed by atoms with van der Waals surface area (Å²) in [6, 6.07) is 5.24. The van der Waals surface area contributed by atoms with Gasteiger partial charge in [0.2, 0.25) is 5.89 Å². The number of aromatic nitrogens is 2. The maximum absolute atomic E-state index is 13.8. The molecule has 1 aromatic heterocycles. The van der Waals surface area contributed by atoms with Crippen molar-refractivity contribution in [3.8, 4) is 0 Å². The van der Waals surface area contributed by atoms with Crippen molar-refractivity contribution in [3.63, 3.8) is 0 Å². The molecule has 1 atom stereocenters. The number of rotatable bonds is 8. The number of nitrogens with one attached hydrogen (secondary N) is 2. The monoisotopic (exact) mass is 375 g/mol. The minimum atomic E-state index is -0.191. The average Bonchev–Trinajstić information content (AvgIpc) is 3.10. The van der Waals surface area contributed by atoms with Gasteiger partial charge in [0.25, 0.3) is 0 Å². The van der Waals surface area contributed by atoms with Crippen LogP contribution >= 0.6 is 0 Å². The molecule has 1 unspecified atom stereocenters. The van der Waals surface area contributed by atoms with Gasteiger partial charge in [0.1, 0.15) is 5.82 Å². The van der Waals surface area contributed by atoms with Gasteiger partial charge < -0.3 is 15.2 Å². The summed E-state index contributed by atoms with van der Waals surface area (Å²) >= 11 is 0. The maximum atomic E-state index is 13.8. The van der Waals surface area contributed by atoms with E-state index in [1.807, 2.05) is 33.8 Å². The van der Waals surface area contributed by atoms with E-state index in [1.165, 1.54) is 0 Å². The molecule has 0 saturated carbocycles. The van der Waals surface area contributed by atoms with E-state index in [4.69, 9.17) is 4.52 Å². The number of hydrogen-bond acceptors (Lipinski definition) is 4. The number of aliphatic imine (C=N–C) groups is 1. The van der Waals surface area contributed by atoms with Crippen molar-refractivity contribution in [2.24, 2.45) is 4.99 Å². The maximum Gasteiger partial charge on any atom is 0.226 e. The van der Waals surface area contributed by atoms with E-state index in [2.05, 4.69) is 25.8 Å². The summed E-state index contributed by atoms with van der Waals surface area (Å²) < 4.78 is 19.0. The Morgan fingerprint density at radius 3 is 2.70 bits per heavy atom. The molecule has 7 heteroatoms. The molecule has 2 N–H and O–H groups in total. The number of nitrogens with zero attached hydrogens (tertiary/aromatic N) is 3. The van der Waals surface area contributed by atoms with Gasteiger partial charge in [-0.3, -0.25) is 4.99 Å². The van der Waals surface area contributed by atoms with E-state index in [0.29, 0.717) is 30.4 Å². The lowest BCUT2D eigenvalue weighted by Crippen LogP contribution is -2.38. The second-order valence-corrected chi connectivity index (χ2v) is 6.94. The van der Waals surface area contributed by atoms with Gasteiger partial charge in [0.05, 0.1) is 6.04 Å². The number of benzene rings is 1. The molecule has 148 valence electrons. The van der Waals surface area contributed by atoms with Crippen molar-refractivity contribution in [1.82, 2.24) is 20.8 Å².